The Bertz CT molecular complexity index is 1450. The van der Waals surface area contributed by atoms with Gasteiger partial charge in [0.1, 0.15) is 29.3 Å². The van der Waals surface area contributed by atoms with Gasteiger partial charge in [-0.2, -0.15) is 13.2 Å². The van der Waals surface area contributed by atoms with Gasteiger partial charge in [0.2, 0.25) is 11.5 Å². The van der Waals surface area contributed by atoms with Crippen LogP contribution in [0.3, 0.4) is 0 Å². The first-order valence-electron chi connectivity index (χ1n) is 11.4. The van der Waals surface area contributed by atoms with Crippen LogP contribution in [0.2, 0.25) is 0 Å². The molecule has 3 aromatic rings. The number of alkyl halides is 3. The molecule has 0 aliphatic carbocycles. The van der Waals surface area contributed by atoms with Crippen LogP contribution in [0.5, 0.6) is 17.2 Å². The molecule has 0 saturated carbocycles. The first-order chi connectivity index (χ1) is 18.2. The third-order valence-corrected chi connectivity index (χ3v) is 6.57. The number of primary amides is 1. The van der Waals surface area contributed by atoms with Gasteiger partial charge in [-0.25, -0.2) is 9.37 Å². The van der Waals surface area contributed by atoms with Gasteiger partial charge < -0.3 is 30.7 Å². The number of nitrogens with zero attached hydrogens (tertiary/aromatic N) is 1. The van der Waals surface area contributed by atoms with E-state index in [2.05, 4.69) is 4.98 Å². The molecule has 2 atom stereocenters. The summed E-state index contributed by atoms with van der Waals surface area (Å²) in [6.07, 6.45) is -5.36. The van der Waals surface area contributed by atoms with Crippen LogP contribution < -0.4 is 20.5 Å². The van der Waals surface area contributed by atoms with Gasteiger partial charge in [0.05, 0.1) is 19.3 Å². The van der Waals surface area contributed by atoms with E-state index in [1.807, 2.05) is 5.32 Å². The van der Waals surface area contributed by atoms with Crippen molar-refractivity contribution in [1.82, 2.24) is 10.3 Å². The fourth-order valence-electron chi connectivity index (χ4n) is 4.07. The van der Waals surface area contributed by atoms with Gasteiger partial charge in [-0.1, -0.05) is 0 Å². The van der Waals surface area contributed by atoms with Gasteiger partial charge in [-0.15, -0.1) is 0 Å². The number of methoxy groups -OCH3 is 1. The van der Waals surface area contributed by atoms with Gasteiger partial charge in [0, 0.05) is 16.7 Å². The third kappa shape index (κ3) is 4.80. The fraction of sp³-hybridized carbons (Fsp3) is 0.269. The summed E-state index contributed by atoms with van der Waals surface area (Å²) in [6.45, 7) is -0.311. The minimum atomic E-state index is -5.36. The highest BCUT2D eigenvalue weighted by Gasteiger charge is 2.57. The molecular formula is C26H23F4N3O6. The highest BCUT2D eigenvalue weighted by atomic mass is 19.4. The molecule has 0 saturated heterocycles. The SMILES string of the molecule is COc1cc(C(=O)NC[C@](O)(c2cc3c(c(-c4ccc(F)cc4)n2)OC[C@]3(C)C(N)=O)C(F)(F)F)ccc1O. The van der Waals surface area contributed by atoms with E-state index < -0.39 is 47.1 Å². The Morgan fingerprint density at radius 3 is 2.44 bits per heavy atom. The first-order valence-corrected chi connectivity index (χ1v) is 11.4. The number of hydrogen-bond acceptors (Lipinski definition) is 7. The van der Waals surface area contributed by atoms with Crippen LogP contribution in [-0.2, 0) is 15.8 Å². The molecule has 0 unspecified atom stereocenters. The summed E-state index contributed by atoms with van der Waals surface area (Å²) in [6, 6.07) is 8.84. The molecule has 9 nitrogen and oxygen atoms in total. The van der Waals surface area contributed by atoms with Crippen molar-refractivity contribution in [1.29, 1.82) is 0 Å². The normalized spacial score (nSPS) is 18.0. The molecule has 39 heavy (non-hydrogen) atoms. The van der Waals surface area contributed by atoms with E-state index in [4.69, 9.17) is 15.2 Å². The summed E-state index contributed by atoms with van der Waals surface area (Å²) < 4.78 is 67.4. The third-order valence-electron chi connectivity index (χ3n) is 6.57. The second-order valence-corrected chi connectivity index (χ2v) is 9.15. The second kappa shape index (κ2) is 9.73. The number of amides is 2. The zero-order chi connectivity index (χ0) is 28.8. The minimum absolute atomic E-state index is 0.0450. The summed E-state index contributed by atoms with van der Waals surface area (Å²) in [7, 11) is 1.22. The van der Waals surface area contributed by atoms with Crippen molar-refractivity contribution in [3.05, 3.63) is 71.2 Å². The lowest BCUT2D eigenvalue weighted by molar-refractivity contribution is -0.265. The molecule has 1 aromatic heterocycles. The molecule has 2 heterocycles. The highest BCUT2D eigenvalue weighted by molar-refractivity contribution is 5.95. The predicted octanol–water partition coefficient (Wildman–Crippen LogP) is 2.92. The number of hydrogen-bond donors (Lipinski definition) is 4. The zero-order valence-corrected chi connectivity index (χ0v) is 20.6. The largest absolute Gasteiger partial charge is 0.504 e. The summed E-state index contributed by atoms with van der Waals surface area (Å²) in [5.41, 5.74) is -0.979. The second-order valence-electron chi connectivity index (χ2n) is 9.15. The number of nitrogens with one attached hydrogen (secondary N) is 1. The number of halogens is 4. The summed E-state index contributed by atoms with van der Waals surface area (Å²) in [4.78, 5) is 29.0. The number of carbonyl (C=O) groups is 2. The van der Waals surface area contributed by atoms with Gasteiger partial charge in [0.15, 0.2) is 11.5 Å². The molecule has 0 bridgehead atoms. The van der Waals surface area contributed by atoms with E-state index in [-0.39, 0.29) is 46.2 Å². The number of ether oxygens (including phenoxy) is 2. The molecule has 1 aliphatic heterocycles. The molecule has 0 fully saturated rings. The average molecular weight is 549 g/mol. The van der Waals surface area contributed by atoms with Gasteiger partial charge in [-0.3, -0.25) is 9.59 Å². The molecule has 2 amide bonds. The maximum atomic E-state index is 14.4. The Morgan fingerprint density at radius 2 is 1.85 bits per heavy atom. The number of rotatable bonds is 7. The van der Waals surface area contributed by atoms with E-state index in [0.717, 1.165) is 36.4 Å². The van der Waals surface area contributed by atoms with Gasteiger partial charge >= 0.3 is 6.18 Å². The van der Waals surface area contributed by atoms with Crippen LogP contribution in [0.4, 0.5) is 17.6 Å². The number of aromatic hydroxyl groups is 1. The van der Waals surface area contributed by atoms with E-state index in [0.29, 0.717) is 0 Å². The highest BCUT2D eigenvalue weighted by Crippen LogP contribution is 2.47. The number of fused-ring (bicyclic) bond motifs is 1. The molecule has 2 aromatic carbocycles. The number of benzene rings is 2. The number of phenols is 1. The number of phenolic OH excluding ortho intramolecular Hbond substituents is 1. The van der Waals surface area contributed by atoms with E-state index in [1.165, 1.54) is 26.2 Å². The lowest BCUT2D eigenvalue weighted by atomic mass is 9.81. The molecule has 0 radical (unpaired) electrons. The maximum Gasteiger partial charge on any atom is 0.424 e. The Morgan fingerprint density at radius 1 is 1.18 bits per heavy atom. The summed E-state index contributed by atoms with van der Waals surface area (Å²) in [5.74, 6) is -2.96. The number of carbonyl (C=O) groups excluding carboxylic acids is 2. The van der Waals surface area contributed by atoms with Crippen molar-refractivity contribution >= 4 is 11.8 Å². The Labute approximate surface area is 219 Å². The van der Waals surface area contributed by atoms with Crippen molar-refractivity contribution in [2.75, 3.05) is 20.3 Å². The molecule has 5 N–H and O–H groups in total. The van der Waals surface area contributed by atoms with Crippen molar-refractivity contribution < 1.29 is 46.8 Å². The Hall–Kier alpha value is -4.39. The molecule has 206 valence electrons. The van der Waals surface area contributed by atoms with Crippen LogP contribution in [0.1, 0.15) is 28.5 Å². The van der Waals surface area contributed by atoms with Crippen LogP contribution in [0, 0.1) is 5.82 Å². The quantitative estimate of drug-likeness (QED) is 0.332. The van der Waals surface area contributed by atoms with Crippen LogP contribution in [0.25, 0.3) is 11.3 Å². The summed E-state index contributed by atoms with van der Waals surface area (Å²) in [5, 5.41) is 22.8. The van der Waals surface area contributed by atoms with Crippen LogP contribution >= 0.6 is 0 Å². The number of aromatic nitrogens is 1. The van der Waals surface area contributed by atoms with Gasteiger partial charge in [0.25, 0.3) is 5.91 Å². The molecule has 0 spiro atoms. The molecule has 13 heteroatoms. The molecule has 4 rings (SSSR count). The molecule has 1 aliphatic rings. The Kier molecular flexibility index (Phi) is 6.90. The van der Waals surface area contributed by atoms with Crippen molar-refractivity contribution in [2.24, 2.45) is 5.73 Å². The standard InChI is InChI=1S/C26H23F4N3O6/c1-24(23(31)36)12-39-21-16(24)10-19(33-20(21)13-3-6-15(27)7-4-13)25(37,26(28,29)30)11-32-22(35)14-5-8-17(34)18(9-14)38-2/h3-10,34,37H,11-12H2,1-2H3,(H2,31,36)(H,32,35)/t24-,25-/m0/s1. The Balaban J connectivity index is 1.82. The van der Waals surface area contributed by atoms with E-state index in [1.54, 1.807) is 0 Å². The maximum absolute atomic E-state index is 14.4. The van der Waals surface area contributed by atoms with Crippen molar-refractivity contribution in [3.8, 4) is 28.5 Å². The zero-order valence-electron chi connectivity index (χ0n) is 20.6. The topological polar surface area (TPSA) is 144 Å². The van der Waals surface area contributed by atoms with Crippen LogP contribution in [-0.4, -0.2) is 53.4 Å². The lowest BCUT2D eigenvalue weighted by Crippen LogP contribution is -2.51. The van der Waals surface area contributed by atoms with Gasteiger partial charge in [-0.05, 0) is 55.5 Å². The van der Waals surface area contributed by atoms with E-state index >= 15 is 0 Å². The number of aliphatic hydroxyl groups is 1. The fourth-order valence-corrected chi connectivity index (χ4v) is 4.07. The van der Waals surface area contributed by atoms with Crippen molar-refractivity contribution in [3.63, 3.8) is 0 Å². The van der Waals surface area contributed by atoms with E-state index in [9.17, 15) is 37.4 Å². The summed E-state index contributed by atoms with van der Waals surface area (Å²) >= 11 is 0. The lowest BCUT2D eigenvalue weighted by Gasteiger charge is -2.31. The first kappa shape index (κ1) is 27.6. The predicted molar refractivity (Wildman–Crippen MR) is 129 cm³/mol. The monoisotopic (exact) mass is 549 g/mol. The van der Waals surface area contributed by atoms with Crippen molar-refractivity contribution in [2.45, 2.75) is 24.1 Å². The number of nitrogens with two attached hydrogens (primary N) is 1. The average Bonchev–Trinajstić information content (AvgIpc) is 3.24. The van der Waals surface area contributed by atoms with Crippen LogP contribution in [0.15, 0.2) is 48.5 Å². The molecular weight excluding hydrogens is 526 g/mol. The smallest absolute Gasteiger partial charge is 0.424 e. The number of pyridine rings is 1. The minimum Gasteiger partial charge on any atom is -0.504 e.